The molecule has 0 aromatic carbocycles. The fourth-order valence-electron chi connectivity index (χ4n) is 1.08. The molecule has 0 bridgehead atoms. The van der Waals surface area contributed by atoms with Gasteiger partial charge in [0.05, 0.1) is 0 Å². The molecule has 0 aromatic rings. The summed E-state index contributed by atoms with van der Waals surface area (Å²) in [5.41, 5.74) is 0.758. The van der Waals surface area contributed by atoms with Gasteiger partial charge in [-0.05, 0) is 6.08 Å². The first-order valence-electron chi connectivity index (χ1n) is 4.44. The molecule has 1 amide bonds. The summed E-state index contributed by atoms with van der Waals surface area (Å²) in [6, 6.07) is 0. The molecule has 4 heteroatoms. The van der Waals surface area contributed by atoms with Gasteiger partial charge >= 0.3 is 0 Å². The Morgan fingerprint density at radius 2 is 2.00 bits per heavy atom. The first-order valence-corrected chi connectivity index (χ1v) is 4.44. The van der Waals surface area contributed by atoms with Gasteiger partial charge in [-0.2, -0.15) is 0 Å². The molecule has 0 spiro atoms. The number of carbonyl (C=O) groups excluding carboxylic acids is 1. The van der Waals surface area contributed by atoms with Crippen molar-refractivity contribution in [1.82, 2.24) is 10.6 Å². The maximum absolute atomic E-state index is 11.3. The molecular weight excluding hydrogens is 178 g/mol. The van der Waals surface area contributed by atoms with Gasteiger partial charge < -0.3 is 16.0 Å². The van der Waals surface area contributed by atoms with Crippen molar-refractivity contribution in [2.75, 3.05) is 0 Å². The molecule has 0 saturated heterocycles. The molecule has 1 heterocycles. The van der Waals surface area contributed by atoms with E-state index in [-0.39, 0.29) is 11.3 Å². The van der Waals surface area contributed by atoms with Gasteiger partial charge in [0, 0.05) is 23.4 Å². The Bertz CT molecular complexity index is 321. The van der Waals surface area contributed by atoms with Crippen LogP contribution in [0.2, 0.25) is 0 Å². The smallest absolute Gasteiger partial charge is 0.251 e. The Labute approximate surface area is 83.6 Å². The first-order chi connectivity index (χ1) is 6.43. The Kier molecular flexibility index (Phi) is 2.74. The Morgan fingerprint density at radius 3 is 2.50 bits per heavy atom. The van der Waals surface area contributed by atoms with Crippen LogP contribution in [0, 0.1) is 10.8 Å². The molecule has 0 aliphatic carbocycles. The van der Waals surface area contributed by atoms with Crippen LogP contribution in [0.25, 0.3) is 0 Å². The lowest BCUT2D eigenvalue weighted by Crippen LogP contribution is -2.39. The highest BCUT2D eigenvalue weighted by atomic mass is 16.1. The predicted molar refractivity (Wildman–Crippen MR) is 55.7 cm³/mol. The number of amides is 1. The molecule has 4 nitrogen and oxygen atoms in total. The van der Waals surface area contributed by atoms with Crippen molar-refractivity contribution >= 4 is 12.1 Å². The fourth-order valence-corrected chi connectivity index (χ4v) is 1.08. The standard InChI is InChI=1S/C10H15N3O/c1-10(2,3)7-6-9(14)13-8(12-7)4-5-11/h4-6,11-12H,1-3H3,(H,13,14)/b8-4-,11-5?. The molecule has 3 N–H and O–H groups in total. The topological polar surface area (TPSA) is 65.0 Å². The summed E-state index contributed by atoms with van der Waals surface area (Å²) in [5, 5.41) is 12.6. The summed E-state index contributed by atoms with van der Waals surface area (Å²) in [5.74, 6) is 0.402. The van der Waals surface area contributed by atoms with Crippen LogP contribution in [0.5, 0.6) is 0 Å². The van der Waals surface area contributed by atoms with Crippen LogP contribution < -0.4 is 10.6 Å². The Morgan fingerprint density at radius 1 is 1.36 bits per heavy atom. The van der Waals surface area contributed by atoms with Crippen molar-refractivity contribution in [2.24, 2.45) is 5.41 Å². The molecule has 1 rings (SSSR count). The molecule has 76 valence electrons. The average Bonchev–Trinajstić information content (AvgIpc) is 2.02. The maximum atomic E-state index is 11.3. The summed E-state index contributed by atoms with van der Waals surface area (Å²) < 4.78 is 0. The third kappa shape index (κ3) is 2.45. The third-order valence-electron chi connectivity index (χ3n) is 1.86. The van der Waals surface area contributed by atoms with Crippen LogP contribution in [0.1, 0.15) is 20.8 Å². The number of rotatable bonds is 1. The maximum Gasteiger partial charge on any atom is 0.251 e. The van der Waals surface area contributed by atoms with E-state index in [0.717, 1.165) is 11.9 Å². The van der Waals surface area contributed by atoms with Gasteiger partial charge in [-0.15, -0.1) is 0 Å². The van der Waals surface area contributed by atoms with E-state index in [1.807, 2.05) is 20.8 Å². The zero-order chi connectivity index (χ0) is 10.8. The van der Waals surface area contributed by atoms with Crippen LogP contribution in [-0.4, -0.2) is 12.1 Å². The summed E-state index contributed by atoms with van der Waals surface area (Å²) in [6.45, 7) is 6.06. The van der Waals surface area contributed by atoms with Gasteiger partial charge in [0.2, 0.25) is 0 Å². The van der Waals surface area contributed by atoms with Gasteiger partial charge in [-0.1, -0.05) is 20.8 Å². The van der Waals surface area contributed by atoms with Gasteiger partial charge in [-0.3, -0.25) is 4.79 Å². The molecular formula is C10H15N3O. The second kappa shape index (κ2) is 3.65. The quantitative estimate of drug-likeness (QED) is 0.546. The summed E-state index contributed by atoms with van der Waals surface area (Å²) >= 11 is 0. The average molecular weight is 193 g/mol. The van der Waals surface area contributed by atoms with Crippen LogP contribution in [-0.2, 0) is 4.79 Å². The lowest BCUT2D eigenvalue weighted by atomic mass is 9.91. The molecule has 1 aliphatic heterocycles. The summed E-state index contributed by atoms with van der Waals surface area (Å²) in [6.07, 6.45) is 4.19. The van der Waals surface area contributed by atoms with E-state index in [4.69, 9.17) is 5.41 Å². The number of allylic oxidation sites excluding steroid dienone is 2. The normalized spacial score (nSPS) is 19.8. The molecule has 0 atom stereocenters. The van der Waals surface area contributed by atoms with E-state index in [1.165, 1.54) is 6.08 Å². The van der Waals surface area contributed by atoms with E-state index in [0.29, 0.717) is 5.82 Å². The second-order valence-electron chi connectivity index (χ2n) is 4.17. The predicted octanol–water partition coefficient (Wildman–Crippen LogP) is 1.13. The van der Waals surface area contributed by atoms with Crippen LogP contribution in [0.3, 0.4) is 0 Å². The highest BCUT2D eigenvalue weighted by Crippen LogP contribution is 2.24. The zero-order valence-electron chi connectivity index (χ0n) is 8.64. The number of hydrogen-bond donors (Lipinski definition) is 3. The van der Waals surface area contributed by atoms with Crippen molar-refractivity contribution in [3.05, 3.63) is 23.7 Å². The minimum absolute atomic E-state index is 0.0983. The molecule has 0 fully saturated rings. The van der Waals surface area contributed by atoms with Gasteiger partial charge in [0.15, 0.2) is 0 Å². The van der Waals surface area contributed by atoms with Crippen LogP contribution in [0.15, 0.2) is 23.7 Å². The fraction of sp³-hybridized carbons (Fsp3) is 0.400. The Hall–Kier alpha value is -1.58. The van der Waals surface area contributed by atoms with Crippen molar-refractivity contribution in [2.45, 2.75) is 20.8 Å². The van der Waals surface area contributed by atoms with E-state index < -0.39 is 0 Å². The number of nitrogens with one attached hydrogen (secondary N) is 3. The zero-order valence-corrected chi connectivity index (χ0v) is 8.64. The molecule has 0 saturated carbocycles. The first kappa shape index (κ1) is 10.5. The van der Waals surface area contributed by atoms with Gasteiger partial charge in [-0.25, -0.2) is 0 Å². The molecule has 0 unspecified atom stereocenters. The lowest BCUT2D eigenvalue weighted by molar-refractivity contribution is -0.116. The highest BCUT2D eigenvalue weighted by Gasteiger charge is 2.22. The largest absolute Gasteiger partial charge is 0.345 e. The van der Waals surface area contributed by atoms with Crippen molar-refractivity contribution in [3.63, 3.8) is 0 Å². The number of hydrogen-bond acceptors (Lipinski definition) is 3. The van der Waals surface area contributed by atoms with Crippen LogP contribution in [0.4, 0.5) is 0 Å². The minimum Gasteiger partial charge on any atom is -0.345 e. The second-order valence-corrected chi connectivity index (χ2v) is 4.17. The van der Waals surface area contributed by atoms with E-state index in [1.54, 1.807) is 6.08 Å². The van der Waals surface area contributed by atoms with Crippen LogP contribution >= 0.6 is 0 Å². The van der Waals surface area contributed by atoms with Crippen molar-refractivity contribution < 1.29 is 4.79 Å². The highest BCUT2D eigenvalue weighted by molar-refractivity contribution is 5.91. The lowest BCUT2D eigenvalue weighted by Gasteiger charge is -2.28. The summed E-state index contributed by atoms with van der Waals surface area (Å²) in [4.78, 5) is 11.3. The number of carbonyl (C=O) groups is 1. The van der Waals surface area contributed by atoms with E-state index >= 15 is 0 Å². The van der Waals surface area contributed by atoms with E-state index in [9.17, 15) is 4.79 Å². The Balaban J connectivity index is 2.95. The third-order valence-corrected chi connectivity index (χ3v) is 1.86. The van der Waals surface area contributed by atoms with E-state index in [2.05, 4.69) is 10.6 Å². The SMILES string of the molecule is CC(C)(C)C1=CC(=O)N/C(=C\C=N)N1. The monoisotopic (exact) mass is 193 g/mol. The molecule has 0 radical (unpaired) electrons. The summed E-state index contributed by atoms with van der Waals surface area (Å²) in [7, 11) is 0. The molecule has 1 aliphatic rings. The van der Waals surface area contributed by atoms with Gasteiger partial charge in [0.1, 0.15) is 5.82 Å². The minimum atomic E-state index is -0.151. The van der Waals surface area contributed by atoms with Crippen molar-refractivity contribution in [3.8, 4) is 0 Å². The molecule has 0 aromatic heterocycles. The van der Waals surface area contributed by atoms with Gasteiger partial charge in [0.25, 0.3) is 5.91 Å². The van der Waals surface area contributed by atoms with Crippen molar-refractivity contribution in [1.29, 1.82) is 5.41 Å². The molecule has 14 heavy (non-hydrogen) atoms.